The fourth-order valence-corrected chi connectivity index (χ4v) is 5.23. The number of fused-ring (bicyclic) bond motifs is 1. The summed E-state index contributed by atoms with van der Waals surface area (Å²) in [4.78, 5) is 40.6. The quantitative estimate of drug-likeness (QED) is 0.375. The van der Waals surface area contributed by atoms with Gasteiger partial charge in [-0.2, -0.15) is 10.4 Å². The normalized spacial score (nSPS) is 14.9. The van der Waals surface area contributed by atoms with Gasteiger partial charge in [-0.1, -0.05) is 0 Å². The third-order valence-corrected chi connectivity index (χ3v) is 7.46. The fourth-order valence-electron chi connectivity index (χ4n) is 5.23. The molecule has 2 amide bonds. The lowest BCUT2D eigenvalue weighted by molar-refractivity contribution is -0.125. The van der Waals surface area contributed by atoms with Crippen molar-refractivity contribution in [1.82, 2.24) is 24.9 Å². The van der Waals surface area contributed by atoms with E-state index >= 15 is 0 Å². The summed E-state index contributed by atoms with van der Waals surface area (Å²) in [6.07, 6.45) is 7.81. The van der Waals surface area contributed by atoms with E-state index in [2.05, 4.69) is 27.6 Å². The number of aromatic hydroxyl groups is 1. The van der Waals surface area contributed by atoms with Gasteiger partial charge in [0.1, 0.15) is 18.1 Å². The first kappa shape index (κ1) is 30.3. The Morgan fingerprint density at radius 2 is 1.98 bits per heavy atom. The van der Waals surface area contributed by atoms with Crippen LogP contribution in [0.1, 0.15) is 52.7 Å². The molecule has 0 bridgehead atoms. The standard InChI is InChI=1S/C17H21N5.C14H16N2O4/c1-20(2)16-7-14(10-18)8-17(9-16)22-13-15(11-19-22)12-21-5-3-4-6-21;1-15-13(19)12(3-2-6-17)16-8-9-7-10(18)4-5-11(9)14(16)20/h7-9,11,13H,3-6,12H2,1-2H3;4-7,12,18H,2-3,8H2,1H3,(H,15,19). The van der Waals surface area contributed by atoms with E-state index in [1.807, 2.05) is 48.1 Å². The molecule has 2 N–H and O–H groups in total. The van der Waals surface area contributed by atoms with E-state index in [4.69, 9.17) is 0 Å². The van der Waals surface area contributed by atoms with Crippen LogP contribution in [0.15, 0.2) is 48.8 Å². The molecule has 0 radical (unpaired) electrons. The number of carbonyl (C=O) groups is 3. The van der Waals surface area contributed by atoms with Crippen molar-refractivity contribution in [3.05, 3.63) is 71.0 Å². The van der Waals surface area contributed by atoms with Crippen molar-refractivity contribution in [2.75, 3.05) is 39.1 Å². The van der Waals surface area contributed by atoms with Crippen molar-refractivity contribution >= 4 is 23.8 Å². The summed E-state index contributed by atoms with van der Waals surface area (Å²) in [6, 6.07) is 11.9. The fraction of sp³-hybridized carbons (Fsp3) is 0.387. The number of anilines is 1. The predicted molar refractivity (Wildman–Crippen MR) is 158 cm³/mol. The minimum Gasteiger partial charge on any atom is -0.508 e. The molecule has 1 aromatic heterocycles. The van der Waals surface area contributed by atoms with Gasteiger partial charge in [0.05, 0.1) is 23.5 Å². The first-order valence-corrected chi connectivity index (χ1v) is 14.0. The largest absolute Gasteiger partial charge is 0.508 e. The average Bonchev–Trinajstić information content (AvgIpc) is 3.75. The molecule has 1 saturated heterocycles. The number of phenolic OH excluding ortho intramolecular Hbond substituents is 1. The molecule has 1 fully saturated rings. The van der Waals surface area contributed by atoms with Gasteiger partial charge in [-0.15, -0.1) is 0 Å². The third kappa shape index (κ3) is 7.14. The van der Waals surface area contributed by atoms with Crippen molar-refractivity contribution in [3.8, 4) is 17.5 Å². The molecule has 5 rings (SSSR count). The van der Waals surface area contributed by atoms with Gasteiger partial charge in [-0.3, -0.25) is 14.5 Å². The van der Waals surface area contributed by atoms with E-state index in [0.717, 1.165) is 24.2 Å². The van der Waals surface area contributed by atoms with Gasteiger partial charge >= 0.3 is 0 Å². The molecular weight excluding hydrogens is 534 g/mol. The van der Waals surface area contributed by atoms with Crippen molar-refractivity contribution in [3.63, 3.8) is 0 Å². The van der Waals surface area contributed by atoms with Crippen LogP contribution in [0.2, 0.25) is 0 Å². The number of hydrogen-bond donors (Lipinski definition) is 2. The number of nitrogens with one attached hydrogen (secondary N) is 1. The molecule has 0 spiro atoms. The maximum atomic E-state index is 12.3. The molecule has 2 aliphatic rings. The van der Waals surface area contributed by atoms with E-state index in [0.29, 0.717) is 16.7 Å². The number of nitrogens with zero attached hydrogens (tertiary/aromatic N) is 6. The Hall–Kier alpha value is -4.69. The second-order valence-electron chi connectivity index (χ2n) is 10.7. The lowest BCUT2D eigenvalue weighted by atomic mass is 10.1. The molecule has 0 saturated carbocycles. The highest BCUT2D eigenvalue weighted by atomic mass is 16.3. The summed E-state index contributed by atoms with van der Waals surface area (Å²) in [5.41, 5.74) is 4.98. The van der Waals surface area contributed by atoms with Crippen LogP contribution in [0, 0.1) is 11.3 Å². The summed E-state index contributed by atoms with van der Waals surface area (Å²) in [6.45, 7) is 3.58. The lowest BCUT2D eigenvalue weighted by Crippen LogP contribution is -2.46. The van der Waals surface area contributed by atoms with Crippen LogP contribution in [0.3, 0.4) is 0 Å². The highest BCUT2D eigenvalue weighted by Gasteiger charge is 2.35. The summed E-state index contributed by atoms with van der Waals surface area (Å²) in [7, 11) is 5.44. The average molecular weight is 572 g/mol. The number of carbonyl (C=O) groups excluding carboxylic acids is 3. The summed E-state index contributed by atoms with van der Waals surface area (Å²) < 4.78 is 1.86. The second kappa shape index (κ2) is 13.8. The Morgan fingerprint density at radius 3 is 2.64 bits per heavy atom. The Labute approximate surface area is 245 Å². The summed E-state index contributed by atoms with van der Waals surface area (Å²) in [5.74, 6) is -0.459. The molecule has 3 heterocycles. The van der Waals surface area contributed by atoms with E-state index < -0.39 is 6.04 Å². The Kier molecular flexibility index (Phi) is 9.93. The van der Waals surface area contributed by atoms with Crippen LogP contribution in [0.25, 0.3) is 5.69 Å². The van der Waals surface area contributed by atoms with E-state index in [1.165, 1.54) is 55.6 Å². The van der Waals surface area contributed by atoms with Crippen molar-refractivity contribution in [2.24, 2.45) is 0 Å². The number of benzene rings is 2. The van der Waals surface area contributed by atoms with Crippen LogP contribution in [-0.2, 0) is 22.7 Å². The predicted octanol–water partition coefficient (Wildman–Crippen LogP) is 2.85. The highest BCUT2D eigenvalue weighted by Crippen LogP contribution is 2.29. The number of hydrogen-bond acceptors (Lipinski definition) is 8. The monoisotopic (exact) mass is 571 g/mol. The van der Waals surface area contributed by atoms with Crippen LogP contribution in [0.4, 0.5) is 5.69 Å². The number of phenols is 1. The van der Waals surface area contributed by atoms with Gasteiger partial charge in [0.15, 0.2) is 0 Å². The second-order valence-corrected chi connectivity index (χ2v) is 10.7. The number of nitriles is 1. The van der Waals surface area contributed by atoms with Gasteiger partial charge in [0, 0.05) is 63.7 Å². The zero-order valence-corrected chi connectivity index (χ0v) is 24.3. The molecule has 1 atom stereocenters. The molecule has 2 aromatic carbocycles. The maximum absolute atomic E-state index is 12.3. The van der Waals surface area contributed by atoms with Gasteiger partial charge < -0.3 is 25.0 Å². The number of amides is 2. The molecule has 2 aliphatic heterocycles. The molecule has 3 aromatic rings. The molecular formula is C31H37N7O4. The number of rotatable bonds is 9. The molecule has 0 aliphatic carbocycles. The number of likely N-dealkylation sites (N-methyl/N-ethyl adjacent to an activating group) is 1. The van der Waals surface area contributed by atoms with Gasteiger partial charge in [0.2, 0.25) is 5.91 Å². The summed E-state index contributed by atoms with van der Waals surface area (Å²) in [5, 5.41) is 25.6. The lowest BCUT2D eigenvalue weighted by Gasteiger charge is -2.25. The van der Waals surface area contributed by atoms with E-state index in [9.17, 15) is 24.8 Å². The molecule has 42 heavy (non-hydrogen) atoms. The molecule has 11 heteroatoms. The van der Waals surface area contributed by atoms with Gasteiger partial charge in [-0.05, 0) is 74.3 Å². The third-order valence-electron chi connectivity index (χ3n) is 7.46. The van der Waals surface area contributed by atoms with E-state index in [1.54, 1.807) is 6.07 Å². The van der Waals surface area contributed by atoms with Crippen molar-refractivity contribution in [1.29, 1.82) is 5.26 Å². The minimum atomic E-state index is -0.674. The number of likely N-dealkylation sites (tertiary alicyclic amines) is 1. The molecule has 11 nitrogen and oxygen atoms in total. The van der Waals surface area contributed by atoms with Gasteiger partial charge in [0.25, 0.3) is 5.91 Å². The van der Waals surface area contributed by atoms with Crippen molar-refractivity contribution < 1.29 is 19.5 Å². The topological polar surface area (TPSA) is 135 Å². The van der Waals surface area contributed by atoms with E-state index in [-0.39, 0.29) is 37.0 Å². The Bertz CT molecular complexity index is 1470. The zero-order valence-electron chi connectivity index (χ0n) is 24.3. The van der Waals surface area contributed by atoms with Gasteiger partial charge in [-0.25, -0.2) is 4.68 Å². The first-order valence-electron chi connectivity index (χ1n) is 14.0. The first-order chi connectivity index (χ1) is 20.2. The smallest absolute Gasteiger partial charge is 0.255 e. The Balaban J connectivity index is 0.000000194. The van der Waals surface area contributed by atoms with Crippen molar-refractivity contribution in [2.45, 2.75) is 44.8 Å². The SMILES string of the molecule is CN(C)c1cc(C#N)cc(-n2cc(CN3CCCC3)cn2)c1.CNC(=O)C(CCC=O)N1Cc2cc(O)ccc2C1=O. The Morgan fingerprint density at radius 1 is 1.21 bits per heavy atom. The highest BCUT2D eigenvalue weighted by molar-refractivity contribution is 6.01. The van der Waals surface area contributed by atoms with Crippen LogP contribution in [-0.4, -0.2) is 83.1 Å². The van der Waals surface area contributed by atoms with Crippen LogP contribution >= 0.6 is 0 Å². The molecule has 1 unspecified atom stereocenters. The number of aromatic nitrogens is 2. The minimum absolute atomic E-state index is 0.0859. The zero-order chi connectivity index (χ0) is 30.2. The number of aldehydes is 1. The molecule has 220 valence electrons. The van der Waals surface area contributed by atoms with Crippen LogP contribution in [0.5, 0.6) is 5.75 Å². The van der Waals surface area contributed by atoms with Crippen LogP contribution < -0.4 is 10.2 Å². The maximum Gasteiger partial charge on any atom is 0.255 e. The summed E-state index contributed by atoms with van der Waals surface area (Å²) >= 11 is 0.